The van der Waals surface area contributed by atoms with Gasteiger partial charge in [-0.25, -0.2) is 4.79 Å². The fourth-order valence-corrected chi connectivity index (χ4v) is 3.04. The molecular formula is C13H22N2O4. The number of hydrogen-bond donors (Lipinski definition) is 3. The lowest BCUT2D eigenvalue weighted by Crippen LogP contribution is -2.46. The van der Waals surface area contributed by atoms with E-state index in [-0.39, 0.29) is 18.0 Å². The molecule has 0 aromatic carbocycles. The lowest BCUT2D eigenvalue weighted by atomic mass is 10.0. The molecule has 2 amide bonds. The van der Waals surface area contributed by atoms with Crippen LogP contribution in [0.5, 0.6) is 0 Å². The van der Waals surface area contributed by atoms with Gasteiger partial charge in [0.05, 0.1) is 12.0 Å². The summed E-state index contributed by atoms with van der Waals surface area (Å²) in [6.45, 7) is 2.92. The minimum atomic E-state index is -0.828. The van der Waals surface area contributed by atoms with Gasteiger partial charge in [-0.1, -0.05) is 6.42 Å². The summed E-state index contributed by atoms with van der Waals surface area (Å²) in [6, 6.07) is -0.447. The topological polar surface area (TPSA) is 89.9 Å². The molecule has 0 bridgehead atoms. The van der Waals surface area contributed by atoms with Crippen molar-refractivity contribution in [3.05, 3.63) is 0 Å². The third kappa shape index (κ3) is 3.18. The van der Waals surface area contributed by atoms with Crippen molar-refractivity contribution in [2.75, 3.05) is 13.1 Å². The van der Waals surface area contributed by atoms with Gasteiger partial charge >= 0.3 is 12.0 Å². The molecule has 0 radical (unpaired) electrons. The molecule has 2 rings (SSSR count). The number of nitrogens with zero attached hydrogens (tertiary/aromatic N) is 1. The van der Waals surface area contributed by atoms with Crippen LogP contribution in [0.15, 0.2) is 0 Å². The van der Waals surface area contributed by atoms with Crippen LogP contribution in [0.2, 0.25) is 0 Å². The molecule has 1 saturated heterocycles. The zero-order valence-electron chi connectivity index (χ0n) is 11.2. The largest absolute Gasteiger partial charge is 0.481 e. The van der Waals surface area contributed by atoms with E-state index in [1.807, 2.05) is 0 Å². The fourth-order valence-electron chi connectivity index (χ4n) is 3.04. The highest BCUT2D eigenvalue weighted by molar-refractivity contribution is 5.77. The predicted molar refractivity (Wildman–Crippen MR) is 68.7 cm³/mol. The number of carbonyl (C=O) groups is 2. The predicted octanol–water partition coefficient (Wildman–Crippen LogP) is 0.652. The van der Waals surface area contributed by atoms with Crippen LogP contribution in [0.25, 0.3) is 0 Å². The van der Waals surface area contributed by atoms with Crippen molar-refractivity contribution in [2.24, 2.45) is 11.8 Å². The van der Waals surface area contributed by atoms with Crippen LogP contribution in [0.3, 0.4) is 0 Å². The number of aliphatic carboxylic acids is 1. The molecule has 0 spiro atoms. The Bertz CT molecular complexity index is 359. The Labute approximate surface area is 112 Å². The summed E-state index contributed by atoms with van der Waals surface area (Å²) < 4.78 is 0. The number of nitrogens with one attached hydrogen (secondary N) is 1. The number of amides is 2. The van der Waals surface area contributed by atoms with Gasteiger partial charge in [0.1, 0.15) is 0 Å². The number of hydrogen-bond acceptors (Lipinski definition) is 3. The van der Waals surface area contributed by atoms with Crippen LogP contribution in [0.1, 0.15) is 32.6 Å². The molecule has 1 aliphatic heterocycles. The molecule has 1 saturated carbocycles. The molecule has 1 aliphatic carbocycles. The Morgan fingerprint density at radius 2 is 2.05 bits per heavy atom. The highest BCUT2D eigenvalue weighted by Crippen LogP contribution is 2.26. The average molecular weight is 270 g/mol. The molecule has 19 heavy (non-hydrogen) atoms. The van der Waals surface area contributed by atoms with E-state index in [1.54, 1.807) is 11.8 Å². The maximum atomic E-state index is 12.1. The van der Waals surface area contributed by atoms with Gasteiger partial charge in [-0.15, -0.1) is 0 Å². The molecule has 4 atom stereocenters. The molecule has 108 valence electrons. The van der Waals surface area contributed by atoms with Crippen LogP contribution < -0.4 is 5.32 Å². The first-order valence-electron chi connectivity index (χ1n) is 6.95. The molecule has 6 nitrogen and oxygen atoms in total. The lowest BCUT2D eigenvalue weighted by molar-refractivity contribution is -0.142. The Hall–Kier alpha value is -1.30. The zero-order chi connectivity index (χ0) is 14.0. The van der Waals surface area contributed by atoms with Crippen molar-refractivity contribution in [3.63, 3.8) is 0 Å². The van der Waals surface area contributed by atoms with Gasteiger partial charge in [0.25, 0.3) is 0 Å². The van der Waals surface area contributed by atoms with E-state index in [1.165, 1.54) is 0 Å². The number of aliphatic hydroxyl groups is 1. The molecule has 0 aromatic heterocycles. The van der Waals surface area contributed by atoms with Gasteiger partial charge in [-0.05, 0) is 26.2 Å². The summed E-state index contributed by atoms with van der Waals surface area (Å²) in [4.78, 5) is 24.8. The van der Waals surface area contributed by atoms with Crippen LogP contribution in [-0.2, 0) is 4.79 Å². The maximum absolute atomic E-state index is 12.1. The SMILES string of the molecule is CC(O)C1CCN(C(=O)NC2CCCC2C(=O)O)C1. The maximum Gasteiger partial charge on any atom is 0.317 e. The van der Waals surface area contributed by atoms with Crippen molar-refractivity contribution in [2.45, 2.75) is 44.8 Å². The second kappa shape index (κ2) is 5.77. The van der Waals surface area contributed by atoms with Crippen molar-refractivity contribution in [1.29, 1.82) is 0 Å². The molecule has 1 heterocycles. The molecule has 6 heteroatoms. The first-order chi connectivity index (χ1) is 8.99. The quantitative estimate of drug-likeness (QED) is 0.702. The van der Waals surface area contributed by atoms with E-state index in [4.69, 9.17) is 5.11 Å². The van der Waals surface area contributed by atoms with Crippen molar-refractivity contribution >= 4 is 12.0 Å². The fraction of sp³-hybridized carbons (Fsp3) is 0.846. The molecule has 2 aliphatic rings. The number of carbonyl (C=O) groups excluding carboxylic acids is 1. The van der Waals surface area contributed by atoms with E-state index >= 15 is 0 Å². The minimum absolute atomic E-state index is 0.129. The monoisotopic (exact) mass is 270 g/mol. The first-order valence-corrected chi connectivity index (χ1v) is 6.95. The zero-order valence-corrected chi connectivity index (χ0v) is 11.2. The van der Waals surface area contributed by atoms with E-state index in [0.717, 1.165) is 19.3 Å². The first kappa shape index (κ1) is 14.1. The number of carboxylic acids is 1. The van der Waals surface area contributed by atoms with Crippen LogP contribution in [0.4, 0.5) is 4.79 Å². The van der Waals surface area contributed by atoms with Crippen molar-refractivity contribution in [1.82, 2.24) is 10.2 Å². The van der Waals surface area contributed by atoms with Gasteiger partial charge < -0.3 is 20.4 Å². The molecule has 2 fully saturated rings. The van der Waals surface area contributed by atoms with Crippen molar-refractivity contribution < 1.29 is 19.8 Å². The minimum Gasteiger partial charge on any atom is -0.481 e. The van der Waals surface area contributed by atoms with Gasteiger partial charge in [-0.3, -0.25) is 4.79 Å². The Morgan fingerprint density at radius 3 is 2.63 bits per heavy atom. The summed E-state index contributed by atoms with van der Waals surface area (Å²) in [7, 11) is 0. The normalized spacial score (nSPS) is 32.3. The second-order valence-electron chi connectivity index (χ2n) is 5.67. The summed E-state index contributed by atoms with van der Waals surface area (Å²) in [5.41, 5.74) is 0. The number of urea groups is 1. The third-order valence-electron chi connectivity index (χ3n) is 4.34. The second-order valence-corrected chi connectivity index (χ2v) is 5.67. The van der Waals surface area contributed by atoms with Gasteiger partial charge in [0.15, 0.2) is 0 Å². The van der Waals surface area contributed by atoms with E-state index in [2.05, 4.69) is 5.32 Å². The van der Waals surface area contributed by atoms with Gasteiger partial charge in [0.2, 0.25) is 0 Å². The molecule has 3 N–H and O–H groups in total. The standard InChI is InChI=1S/C13H22N2O4/c1-8(16)9-5-6-15(7-9)13(19)14-11-4-2-3-10(11)12(17)18/h8-11,16H,2-7H2,1H3,(H,14,19)(H,17,18). The highest BCUT2D eigenvalue weighted by Gasteiger charge is 2.36. The Morgan fingerprint density at radius 1 is 1.32 bits per heavy atom. The third-order valence-corrected chi connectivity index (χ3v) is 4.34. The molecule has 4 unspecified atom stereocenters. The van der Waals surface area contributed by atoms with Crippen LogP contribution >= 0.6 is 0 Å². The molecule has 0 aromatic rings. The summed E-state index contributed by atoms with van der Waals surface area (Å²) in [5.74, 6) is -1.16. The van der Waals surface area contributed by atoms with Crippen LogP contribution in [0, 0.1) is 11.8 Å². The smallest absolute Gasteiger partial charge is 0.317 e. The summed E-state index contributed by atoms with van der Waals surface area (Å²) in [5, 5.41) is 21.4. The number of aliphatic hydroxyl groups excluding tert-OH is 1. The van der Waals surface area contributed by atoms with E-state index in [0.29, 0.717) is 19.5 Å². The lowest BCUT2D eigenvalue weighted by Gasteiger charge is -2.23. The van der Waals surface area contributed by atoms with E-state index in [9.17, 15) is 14.7 Å². The van der Waals surface area contributed by atoms with Crippen LogP contribution in [-0.4, -0.2) is 52.3 Å². The Kier molecular flexibility index (Phi) is 4.29. The number of likely N-dealkylation sites (tertiary alicyclic amines) is 1. The van der Waals surface area contributed by atoms with Gasteiger partial charge in [-0.2, -0.15) is 0 Å². The average Bonchev–Trinajstić information content (AvgIpc) is 2.96. The number of carboxylic acid groups (broad SMARTS) is 1. The molecular weight excluding hydrogens is 248 g/mol. The summed E-state index contributed by atoms with van der Waals surface area (Å²) >= 11 is 0. The highest BCUT2D eigenvalue weighted by atomic mass is 16.4. The van der Waals surface area contributed by atoms with Gasteiger partial charge in [0, 0.05) is 25.0 Å². The summed E-state index contributed by atoms with van der Waals surface area (Å²) in [6.07, 6.45) is 2.61. The number of rotatable bonds is 3. The van der Waals surface area contributed by atoms with Crippen molar-refractivity contribution in [3.8, 4) is 0 Å². The van der Waals surface area contributed by atoms with E-state index < -0.39 is 18.0 Å². The Balaban J connectivity index is 1.86.